The summed E-state index contributed by atoms with van der Waals surface area (Å²) in [5, 5.41) is 3.33. The molecular formula is C23H19ClN2O3. The molecule has 6 heteroatoms. The minimum atomic E-state index is -0.512. The largest absolute Gasteiger partial charge is 0.348 e. The number of hydrogen-bond donors (Lipinski definition) is 2. The van der Waals surface area contributed by atoms with Gasteiger partial charge in [-0.2, -0.15) is 0 Å². The molecule has 5 nitrogen and oxygen atoms in total. The molecule has 0 saturated heterocycles. The van der Waals surface area contributed by atoms with Crippen molar-refractivity contribution in [2.75, 3.05) is 0 Å². The molecule has 1 amide bonds. The second-order valence-corrected chi connectivity index (χ2v) is 7.59. The number of carbonyl (C=O) groups is 2. The number of hydrogen-bond acceptors (Lipinski definition) is 3. The Balaban J connectivity index is 1.54. The summed E-state index contributed by atoms with van der Waals surface area (Å²) in [6, 6.07) is 18.3. The summed E-state index contributed by atoms with van der Waals surface area (Å²) >= 11 is 5.86. The van der Waals surface area contributed by atoms with E-state index in [2.05, 4.69) is 10.3 Å². The first-order chi connectivity index (χ1) is 14.0. The highest BCUT2D eigenvalue weighted by Gasteiger charge is 2.28. The van der Waals surface area contributed by atoms with E-state index >= 15 is 0 Å². The molecule has 0 fully saturated rings. The van der Waals surface area contributed by atoms with Crippen LogP contribution in [-0.2, 0) is 13.0 Å². The van der Waals surface area contributed by atoms with Gasteiger partial charge in [0.1, 0.15) is 5.56 Å². The Morgan fingerprint density at radius 1 is 1.03 bits per heavy atom. The van der Waals surface area contributed by atoms with E-state index in [1.807, 2.05) is 30.3 Å². The predicted molar refractivity (Wildman–Crippen MR) is 112 cm³/mol. The summed E-state index contributed by atoms with van der Waals surface area (Å²) in [5.41, 5.74) is 2.40. The van der Waals surface area contributed by atoms with E-state index in [4.69, 9.17) is 11.6 Å². The van der Waals surface area contributed by atoms with Crippen LogP contribution in [0.5, 0.6) is 0 Å². The fourth-order valence-electron chi connectivity index (χ4n) is 3.64. The van der Waals surface area contributed by atoms with Crippen LogP contribution < -0.4 is 10.9 Å². The molecular weight excluding hydrogens is 388 g/mol. The van der Waals surface area contributed by atoms with E-state index in [-0.39, 0.29) is 23.8 Å². The smallest absolute Gasteiger partial charge is 0.261 e. The lowest BCUT2D eigenvalue weighted by atomic mass is 9.81. The number of ketones is 1. The number of pyridine rings is 1. The molecule has 1 aliphatic rings. The predicted octanol–water partition coefficient (Wildman–Crippen LogP) is 3.87. The van der Waals surface area contributed by atoms with Gasteiger partial charge in [-0.1, -0.05) is 54.1 Å². The van der Waals surface area contributed by atoms with Gasteiger partial charge in [0.15, 0.2) is 5.78 Å². The van der Waals surface area contributed by atoms with E-state index in [1.165, 1.54) is 6.07 Å². The van der Waals surface area contributed by atoms with Gasteiger partial charge in [0.05, 0.1) is 0 Å². The summed E-state index contributed by atoms with van der Waals surface area (Å²) < 4.78 is 0. The Bertz CT molecular complexity index is 1120. The molecule has 3 aromatic rings. The van der Waals surface area contributed by atoms with Gasteiger partial charge in [-0.05, 0) is 41.7 Å². The SMILES string of the molecule is O=C1CC(c2ccccc2)Cc2[nH]c(=O)c(C(=O)NCc3ccc(Cl)cc3)cc21. The third-order valence-corrected chi connectivity index (χ3v) is 5.44. The van der Waals surface area contributed by atoms with Gasteiger partial charge in [0, 0.05) is 29.2 Å². The first-order valence-electron chi connectivity index (χ1n) is 9.38. The first kappa shape index (κ1) is 19.2. The first-order valence-corrected chi connectivity index (χ1v) is 9.76. The number of rotatable bonds is 4. The molecule has 1 atom stereocenters. The molecule has 0 saturated carbocycles. The van der Waals surface area contributed by atoms with Crippen molar-refractivity contribution in [1.82, 2.24) is 10.3 Å². The van der Waals surface area contributed by atoms with E-state index in [0.29, 0.717) is 29.1 Å². The quantitative estimate of drug-likeness (QED) is 0.690. The van der Waals surface area contributed by atoms with Crippen LogP contribution in [0.25, 0.3) is 0 Å². The van der Waals surface area contributed by atoms with E-state index in [0.717, 1.165) is 11.1 Å². The third kappa shape index (κ3) is 4.15. The highest BCUT2D eigenvalue weighted by atomic mass is 35.5. The summed E-state index contributed by atoms with van der Waals surface area (Å²) in [4.78, 5) is 40.5. The number of benzene rings is 2. The zero-order chi connectivity index (χ0) is 20.4. The van der Waals surface area contributed by atoms with Crippen LogP contribution in [0.3, 0.4) is 0 Å². The zero-order valence-electron chi connectivity index (χ0n) is 15.6. The van der Waals surface area contributed by atoms with Crippen LogP contribution >= 0.6 is 11.6 Å². The number of nitrogens with one attached hydrogen (secondary N) is 2. The van der Waals surface area contributed by atoms with Gasteiger partial charge in [-0.3, -0.25) is 14.4 Å². The standard InChI is InChI=1S/C23H19ClN2O3/c24-17-8-6-14(7-9-17)13-25-22(28)19-12-18-20(26-23(19)29)10-16(11-21(18)27)15-4-2-1-3-5-15/h1-9,12,16H,10-11,13H2,(H,25,28)(H,26,29). The average molecular weight is 407 g/mol. The molecule has 1 heterocycles. The summed E-state index contributed by atoms with van der Waals surface area (Å²) in [5.74, 6) is -0.554. The number of carbonyl (C=O) groups excluding carboxylic acids is 2. The van der Waals surface area contributed by atoms with E-state index in [1.54, 1.807) is 24.3 Å². The zero-order valence-corrected chi connectivity index (χ0v) is 16.3. The number of aromatic amines is 1. The molecule has 1 aromatic heterocycles. The van der Waals surface area contributed by atoms with Crippen molar-refractivity contribution in [2.24, 2.45) is 0 Å². The maximum atomic E-state index is 12.7. The lowest BCUT2D eigenvalue weighted by Crippen LogP contribution is -2.32. The number of fused-ring (bicyclic) bond motifs is 1. The van der Waals surface area contributed by atoms with Crippen molar-refractivity contribution in [2.45, 2.75) is 25.3 Å². The van der Waals surface area contributed by atoms with Crippen LogP contribution in [0, 0.1) is 0 Å². The Kier molecular flexibility index (Phi) is 5.32. The summed E-state index contributed by atoms with van der Waals surface area (Å²) in [6.45, 7) is 0.260. The van der Waals surface area contributed by atoms with Crippen molar-refractivity contribution in [3.63, 3.8) is 0 Å². The van der Waals surface area contributed by atoms with Crippen LogP contribution in [0.1, 0.15) is 49.9 Å². The Hall–Kier alpha value is -3.18. The fourth-order valence-corrected chi connectivity index (χ4v) is 3.77. The molecule has 146 valence electrons. The summed E-state index contributed by atoms with van der Waals surface area (Å²) in [7, 11) is 0. The minimum absolute atomic E-state index is 0.0245. The third-order valence-electron chi connectivity index (χ3n) is 5.19. The lowest BCUT2D eigenvalue weighted by Gasteiger charge is -2.24. The van der Waals surface area contributed by atoms with Gasteiger partial charge < -0.3 is 10.3 Å². The molecule has 2 N–H and O–H groups in total. The van der Waals surface area contributed by atoms with Gasteiger partial charge in [0.25, 0.3) is 11.5 Å². The van der Waals surface area contributed by atoms with Crippen LogP contribution in [0.2, 0.25) is 5.02 Å². The maximum Gasteiger partial charge on any atom is 0.261 e. The van der Waals surface area contributed by atoms with Crippen LogP contribution in [0.15, 0.2) is 65.5 Å². The molecule has 0 radical (unpaired) electrons. The van der Waals surface area contributed by atoms with E-state index in [9.17, 15) is 14.4 Å². The summed E-state index contributed by atoms with van der Waals surface area (Å²) in [6.07, 6.45) is 0.919. The Labute approximate surface area is 172 Å². The monoisotopic (exact) mass is 406 g/mol. The second kappa shape index (κ2) is 8.05. The number of halogens is 1. The van der Waals surface area contributed by atoms with Crippen molar-refractivity contribution in [3.8, 4) is 0 Å². The number of amides is 1. The maximum absolute atomic E-state index is 12.7. The molecule has 29 heavy (non-hydrogen) atoms. The molecule has 4 rings (SSSR count). The van der Waals surface area contributed by atoms with Gasteiger partial charge >= 0.3 is 0 Å². The fraction of sp³-hybridized carbons (Fsp3) is 0.174. The van der Waals surface area contributed by atoms with Gasteiger partial charge in [-0.25, -0.2) is 0 Å². The van der Waals surface area contributed by atoms with Crippen molar-refractivity contribution >= 4 is 23.3 Å². The van der Waals surface area contributed by atoms with Crippen molar-refractivity contribution in [1.29, 1.82) is 0 Å². The highest BCUT2D eigenvalue weighted by molar-refractivity contribution is 6.30. The van der Waals surface area contributed by atoms with Crippen molar-refractivity contribution < 1.29 is 9.59 Å². The van der Waals surface area contributed by atoms with Crippen molar-refractivity contribution in [3.05, 3.63) is 104 Å². The minimum Gasteiger partial charge on any atom is -0.348 e. The average Bonchev–Trinajstić information content (AvgIpc) is 2.73. The Morgan fingerprint density at radius 2 is 1.76 bits per heavy atom. The Morgan fingerprint density at radius 3 is 2.48 bits per heavy atom. The molecule has 0 bridgehead atoms. The van der Waals surface area contributed by atoms with Gasteiger partial charge in [0.2, 0.25) is 0 Å². The number of Topliss-reactive ketones (excluding diaryl/α,β-unsaturated/α-hetero) is 1. The molecule has 1 aliphatic carbocycles. The lowest BCUT2D eigenvalue weighted by molar-refractivity contribution is 0.0949. The second-order valence-electron chi connectivity index (χ2n) is 7.15. The molecule has 0 spiro atoms. The molecule has 0 aliphatic heterocycles. The topological polar surface area (TPSA) is 79.0 Å². The van der Waals surface area contributed by atoms with Crippen LogP contribution in [-0.4, -0.2) is 16.7 Å². The highest BCUT2D eigenvalue weighted by Crippen LogP contribution is 2.31. The normalized spacial score (nSPS) is 15.6. The number of H-pyrrole nitrogens is 1. The number of aromatic nitrogens is 1. The van der Waals surface area contributed by atoms with E-state index < -0.39 is 11.5 Å². The molecule has 2 aromatic carbocycles. The van der Waals surface area contributed by atoms with Crippen LogP contribution in [0.4, 0.5) is 0 Å². The molecule has 1 unspecified atom stereocenters. The van der Waals surface area contributed by atoms with Gasteiger partial charge in [-0.15, -0.1) is 0 Å².